The Morgan fingerprint density at radius 1 is 1.26 bits per heavy atom. The van der Waals surface area contributed by atoms with Crippen LogP contribution in [0.1, 0.15) is 52.4 Å². The molecular weight excluding hydrogens is 240 g/mol. The van der Waals surface area contributed by atoms with Crippen LogP contribution >= 0.6 is 0 Å². The summed E-state index contributed by atoms with van der Waals surface area (Å²) in [7, 11) is 0. The molecule has 0 aromatic rings. The Bertz CT molecular complexity index is 374. The van der Waals surface area contributed by atoms with Gasteiger partial charge in [0.2, 0.25) is 5.91 Å². The Hall–Kier alpha value is -0.610. The van der Waals surface area contributed by atoms with E-state index in [1.807, 2.05) is 0 Å². The van der Waals surface area contributed by atoms with Crippen molar-refractivity contribution in [1.82, 2.24) is 5.32 Å². The molecule has 0 spiro atoms. The second-order valence-electron chi connectivity index (χ2n) is 7.23. The molecule has 4 heteroatoms. The molecule has 3 N–H and O–H groups in total. The van der Waals surface area contributed by atoms with Crippen molar-refractivity contribution in [3.05, 3.63) is 0 Å². The lowest BCUT2D eigenvalue weighted by Gasteiger charge is -2.55. The normalized spacial score (nSPS) is 39.2. The maximum absolute atomic E-state index is 12.5. The lowest BCUT2D eigenvalue weighted by Crippen LogP contribution is -2.69. The maximum Gasteiger partial charge on any atom is 0.240 e. The molecule has 0 aromatic heterocycles. The highest BCUT2D eigenvalue weighted by molar-refractivity contribution is 5.86. The van der Waals surface area contributed by atoms with Crippen molar-refractivity contribution in [2.24, 2.45) is 17.1 Å². The van der Waals surface area contributed by atoms with E-state index in [0.29, 0.717) is 12.0 Å². The van der Waals surface area contributed by atoms with Gasteiger partial charge in [0.15, 0.2) is 0 Å². The molecule has 1 heterocycles. The summed E-state index contributed by atoms with van der Waals surface area (Å²) in [5.74, 6) is 0.557. The van der Waals surface area contributed by atoms with Gasteiger partial charge in [-0.3, -0.25) is 4.79 Å². The molecular formula is C15H26N2O2. The summed E-state index contributed by atoms with van der Waals surface area (Å²) < 4.78 is 5.77. The quantitative estimate of drug-likeness (QED) is 0.797. The fraction of sp³-hybridized carbons (Fsp3) is 0.933. The molecule has 3 aliphatic rings. The molecule has 0 bridgehead atoms. The summed E-state index contributed by atoms with van der Waals surface area (Å²) in [6.45, 7) is 5.21. The summed E-state index contributed by atoms with van der Waals surface area (Å²) >= 11 is 0. The molecule has 0 radical (unpaired) electrons. The zero-order valence-electron chi connectivity index (χ0n) is 12.1. The summed E-state index contributed by atoms with van der Waals surface area (Å²) in [5, 5.41) is 3.24. The third-order valence-corrected chi connectivity index (χ3v) is 5.59. The molecule has 0 aromatic carbocycles. The molecule has 3 atom stereocenters. The van der Waals surface area contributed by atoms with Gasteiger partial charge >= 0.3 is 0 Å². The lowest BCUT2D eigenvalue weighted by molar-refractivity contribution is -0.143. The Kier molecular flexibility index (Phi) is 3.13. The summed E-state index contributed by atoms with van der Waals surface area (Å²) in [4.78, 5) is 12.5. The van der Waals surface area contributed by atoms with E-state index in [0.717, 1.165) is 38.7 Å². The number of hydrogen-bond acceptors (Lipinski definition) is 3. The van der Waals surface area contributed by atoms with Crippen LogP contribution in [0.25, 0.3) is 0 Å². The molecule has 1 amide bonds. The SMILES string of the molecule is CC1(C)C(NC(=O)C2(N)CCCCC2)C2CCOC21. The van der Waals surface area contributed by atoms with Gasteiger partial charge < -0.3 is 15.8 Å². The Labute approximate surface area is 115 Å². The molecule has 3 unspecified atom stereocenters. The standard InChI is InChI=1S/C15H26N2O2/c1-14(2)11(10-6-9-19-12(10)14)17-13(18)15(16)7-4-3-5-8-15/h10-12H,3-9,16H2,1-2H3,(H,17,18). The Balaban J connectivity index is 1.66. The van der Waals surface area contributed by atoms with Gasteiger partial charge in [-0.25, -0.2) is 0 Å². The van der Waals surface area contributed by atoms with Crippen molar-refractivity contribution in [3.8, 4) is 0 Å². The summed E-state index contributed by atoms with van der Waals surface area (Å²) in [5.41, 5.74) is 5.73. The van der Waals surface area contributed by atoms with Crippen molar-refractivity contribution in [3.63, 3.8) is 0 Å². The van der Waals surface area contributed by atoms with E-state index in [1.165, 1.54) is 6.42 Å². The van der Waals surface area contributed by atoms with Crippen molar-refractivity contribution >= 4 is 5.91 Å². The van der Waals surface area contributed by atoms with Crippen LogP contribution in [0, 0.1) is 11.3 Å². The van der Waals surface area contributed by atoms with Crippen LogP contribution in [-0.4, -0.2) is 30.2 Å². The maximum atomic E-state index is 12.5. The lowest BCUT2D eigenvalue weighted by atomic mass is 9.57. The number of rotatable bonds is 2. The fourth-order valence-electron chi connectivity index (χ4n) is 4.31. The predicted molar refractivity (Wildman–Crippen MR) is 73.6 cm³/mol. The van der Waals surface area contributed by atoms with E-state index in [9.17, 15) is 4.79 Å². The first kappa shape index (κ1) is 13.4. The number of amides is 1. The van der Waals surface area contributed by atoms with Gasteiger partial charge in [-0.15, -0.1) is 0 Å². The number of hydrogen-bond donors (Lipinski definition) is 2. The number of ether oxygens (including phenoxy) is 1. The molecule has 3 fully saturated rings. The molecule has 3 rings (SSSR count). The first-order valence-corrected chi connectivity index (χ1v) is 7.67. The number of carbonyl (C=O) groups is 1. The van der Waals surface area contributed by atoms with E-state index < -0.39 is 5.54 Å². The third-order valence-electron chi connectivity index (χ3n) is 5.59. The molecule has 1 saturated heterocycles. The van der Waals surface area contributed by atoms with Gasteiger partial charge in [0.25, 0.3) is 0 Å². The topological polar surface area (TPSA) is 64.4 Å². The van der Waals surface area contributed by atoms with Gasteiger partial charge in [0.1, 0.15) is 0 Å². The van der Waals surface area contributed by atoms with E-state index in [1.54, 1.807) is 0 Å². The molecule has 19 heavy (non-hydrogen) atoms. The van der Waals surface area contributed by atoms with Gasteiger partial charge in [-0.1, -0.05) is 33.1 Å². The zero-order valence-corrected chi connectivity index (χ0v) is 12.1. The molecule has 2 aliphatic carbocycles. The fourth-order valence-corrected chi connectivity index (χ4v) is 4.31. The van der Waals surface area contributed by atoms with Crippen molar-refractivity contribution < 1.29 is 9.53 Å². The Morgan fingerprint density at radius 3 is 2.63 bits per heavy atom. The molecule has 2 saturated carbocycles. The van der Waals surface area contributed by atoms with Crippen molar-refractivity contribution in [1.29, 1.82) is 0 Å². The van der Waals surface area contributed by atoms with E-state index in [-0.39, 0.29) is 17.4 Å². The minimum atomic E-state index is -0.626. The van der Waals surface area contributed by atoms with Crippen LogP contribution < -0.4 is 11.1 Å². The zero-order chi connectivity index (χ0) is 13.7. The first-order valence-electron chi connectivity index (χ1n) is 7.67. The highest BCUT2D eigenvalue weighted by Crippen LogP contribution is 2.52. The van der Waals surface area contributed by atoms with Gasteiger partial charge in [-0.2, -0.15) is 0 Å². The Morgan fingerprint density at radius 2 is 1.95 bits per heavy atom. The van der Waals surface area contributed by atoms with Crippen LogP contribution in [0.4, 0.5) is 0 Å². The molecule has 1 aliphatic heterocycles. The third kappa shape index (κ3) is 2.00. The van der Waals surface area contributed by atoms with Crippen molar-refractivity contribution in [2.75, 3.05) is 6.61 Å². The number of carbonyl (C=O) groups excluding carboxylic acids is 1. The minimum absolute atomic E-state index is 0.0435. The number of nitrogens with one attached hydrogen (secondary N) is 1. The largest absolute Gasteiger partial charge is 0.377 e. The van der Waals surface area contributed by atoms with Crippen LogP contribution in [-0.2, 0) is 9.53 Å². The monoisotopic (exact) mass is 266 g/mol. The summed E-state index contributed by atoms with van der Waals surface area (Å²) in [6.07, 6.45) is 6.40. The number of fused-ring (bicyclic) bond motifs is 1. The van der Waals surface area contributed by atoms with E-state index in [2.05, 4.69) is 19.2 Å². The molecule has 108 valence electrons. The highest BCUT2D eigenvalue weighted by Gasteiger charge is 2.60. The van der Waals surface area contributed by atoms with E-state index >= 15 is 0 Å². The molecule has 4 nitrogen and oxygen atoms in total. The predicted octanol–water partition coefficient (Wildman–Crippen LogP) is 1.58. The second-order valence-corrected chi connectivity index (χ2v) is 7.23. The van der Waals surface area contributed by atoms with E-state index in [4.69, 9.17) is 10.5 Å². The van der Waals surface area contributed by atoms with Crippen LogP contribution in [0.2, 0.25) is 0 Å². The average molecular weight is 266 g/mol. The van der Waals surface area contributed by atoms with Gasteiger partial charge in [0.05, 0.1) is 11.6 Å². The first-order chi connectivity index (χ1) is 8.95. The van der Waals surface area contributed by atoms with Gasteiger partial charge in [-0.05, 0) is 19.3 Å². The van der Waals surface area contributed by atoms with Crippen LogP contribution in [0.15, 0.2) is 0 Å². The second kappa shape index (κ2) is 4.45. The highest BCUT2D eigenvalue weighted by atomic mass is 16.5. The van der Waals surface area contributed by atoms with Crippen LogP contribution in [0.5, 0.6) is 0 Å². The number of nitrogens with two attached hydrogens (primary N) is 1. The van der Waals surface area contributed by atoms with Crippen molar-refractivity contribution in [2.45, 2.75) is 70.1 Å². The average Bonchev–Trinajstić information content (AvgIpc) is 2.83. The van der Waals surface area contributed by atoms with Crippen LogP contribution in [0.3, 0.4) is 0 Å². The smallest absolute Gasteiger partial charge is 0.240 e. The van der Waals surface area contributed by atoms with Gasteiger partial charge in [0, 0.05) is 24.0 Å². The summed E-state index contributed by atoms with van der Waals surface area (Å²) in [6, 6.07) is 0.231. The minimum Gasteiger partial charge on any atom is -0.377 e.